The third-order valence-electron chi connectivity index (χ3n) is 5.35. The van der Waals surface area contributed by atoms with E-state index in [9.17, 15) is 0 Å². The highest BCUT2D eigenvalue weighted by Gasteiger charge is 2.26. The topological polar surface area (TPSA) is 12.0 Å². The summed E-state index contributed by atoms with van der Waals surface area (Å²) >= 11 is 0. The van der Waals surface area contributed by atoms with E-state index in [2.05, 4.69) is 63.9 Å². The highest BCUT2D eigenvalue weighted by molar-refractivity contribution is 5.31. The SMILES string of the molecule is C=CC1CC(C2=C/C/C(C)=C\C\C(C)=C\2)CNC(C)CC1C. The van der Waals surface area contributed by atoms with Crippen molar-refractivity contribution in [1.29, 1.82) is 0 Å². The summed E-state index contributed by atoms with van der Waals surface area (Å²) in [7, 11) is 0. The Balaban J connectivity index is 2.23. The summed E-state index contributed by atoms with van der Waals surface area (Å²) in [6, 6.07) is 0.598. The van der Waals surface area contributed by atoms with E-state index >= 15 is 0 Å². The first kappa shape index (κ1) is 17.3. The zero-order valence-electron chi connectivity index (χ0n) is 14.9. The Labute approximate surface area is 137 Å². The van der Waals surface area contributed by atoms with Crippen LogP contribution in [0.2, 0.25) is 0 Å². The van der Waals surface area contributed by atoms with Crippen molar-refractivity contribution in [2.24, 2.45) is 17.8 Å². The maximum atomic E-state index is 4.11. The van der Waals surface area contributed by atoms with Crippen LogP contribution in [-0.4, -0.2) is 12.6 Å². The van der Waals surface area contributed by atoms with Gasteiger partial charge in [0, 0.05) is 12.6 Å². The molecule has 0 aromatic carbocycles. The van der Waals surface area contributed by atoms with Crippen LogP contribution in [0, 0.1) is 17.8 Å². The van der Waals surface area contributed by atoms with Gasteiger partial charge in [-0.3, -0.25) is 0 Å². The van der Waals surface area contributed by atoms with Gasteiger partial charge in [0.05, 0.1) is 0 Å². The molecule has 1 fully saturated rings. The van der Waals surface area contributed by atoms with Crippen molar-refractivity contribution in [2.75, 3.05) is 6.54 Å². The Hall–Kier alpha value is -1.08. The van der Waals surface area contributed by atoms with Gasteiger partial charge in [-0.15, -0.1) is 6.58 Å². The van der Waals surface area contributed by atoms with Crippen molar-refractivity contribution in [3.63, 3.8) is 0 Å². The Kier molecular flexibility index (Phi) is 6.26. The zero-order chi connectivity index (χ0) is 16.1. The first-order valence-electron chi connectivity index (χ1n) is 8.88. The van der Waals surface area contributed by atoms with Crippen molar-refractivity contribution >= 4 is 0 Å². The summed E-state index contributed by atoms with van der Waals surface area (Å²) < 4.78 is 0. The third-order valence-corrected chi connectivity index (χ3v) is 5.35. The number of rotatable bonds is 2. The number of hydrogen-bond donors (Lipinski definition) is 1. The molecule has 1 aliphatic heterocycles. The summed E-state index contributed by atoms with van der Waals surface area (Å²) in [5, 5.41) is 3.75. The second-order valence-corrected chi connectivity index (χ2v) is 7.51. The Morgan fingerprint density at radius 2 is 1.82 bits per heavy atom. The minimum absolute atomic E-state index is 0.598. The van der Waals surface area contributed by atoms with Crippen molar-refractivity contribution < 1.29 is 0 Å². The van der Waals surface area contributed by atoms with Crippen LogP contribution < -0.4 is 5.32 Å². The van der Waals surface area contributed by atoms with Crippen molar-refractivity contribution in [3.8, 4) is 0 Å². The van der Waals surface area contributed by atoms with E-state index < -0.39 is 0 Å². The molecule has 1 heterocycles. The molecule has 2 aliphatic rings. The summed E-state index contributed by atoms with van der Waals surface area (Å²) in [6.45, 7) is 14.4. The van der Waals surface area contributed by atoms with Crippen LogP contribution in [0.5, 0.6) is 0 Å². The molecule has 1 nitrogen and oxygen atoms in total. The van der Waals surface area contributed by atoms with Gasteiger partial charge >= 0.3 is 0 Å². The molecular formula is C21H33N. The summed E-state index contributed by atoms with van der Waals surface area (Å²) in [6.07, 6.45) is 14.1. The monoisotopic (exact) mass is 299 g/mol. The van der Waals surface area contributed by atoms with E-state index in [-0.39, 0.29) is 0 Å². The van der Waals surface area contributed by atoms with Crippen LogP contribution in [0.4, 0.5) is 0 Å². The van der Waals surface area contributed by atoms with Crippen molar-refractivity contribution in [3.05, 3.63) is 47.6 Å². The average Bonchev–Trinajstić information content (AvgIpc) is 2.46. The van der Waals surface area contributed by atoms with Gasteiger partial charge in [0.2, 0.25) is 0 Å². The van der Waals surface area contributed by atoms with Gasteiger partial charge < -0.3 is 5.32 Å². The van der Waals surface area contributed by atoms with Crippen LogP contribution in [0.25, 0.3) is 0 Å². The van der Waals surface area contributed by atoms with Crippen LogP contribution in [0.15, 0.2) is 47.6 Å². The van der Waals surface area contributed by atoms with E-state index in [1.54, 1.807) is 0 Å². The third kappa shape index (κ3) is 4.71. The van der Waals surface area contributed by atoms with Gasteiger partial charge in [-0.25, -0.2) is 0 Å². The predicted molar refractivity (Wildman–Crippen MR) is 97.9 cm³/mol. The minimum Gasteiger partial charge on any atom is -0.314 e. The van der Waals surface area contributed by atoms with Gasteiger partial charge in [0.15, 0.2) is 0 Å². The lowest BCUT2D eigenvalue weighted by Gasteiger charge is -2.33. The van der Waals surface area contributed by atoms with Crippen molar-refractivity contribution in [2.45, 2.75) is 59.4 Å². The minimum atomic E-state index is 0.598. The van der Waals surface area contributed by atoms with Gasteiger partial charge in [-0.1, -0.05) is 42.4 Å². The zero-order valence-corrected chi connectivity index (χ0v) is 14.9. The molecule has 0 aromatic heterocycles. The fraction of sp³-hybridized carbons (Fsp3) is 0.619. The van der Waals surface area contributed by atoms with E-state index in [4.69, 9.17) is 0 Å². The van der Waals surface area contributed by atoms with Gasteiger partial charge in [-0.05, 0) is 69.8 Å². The van der Waals surface area contributed by atoms with Crippen molar-refractivity contribution in [1.82, 2.24) is 5.32 Å². The van der Waals surface area contributed by atoms with Gasteiger partial charge in [-0.2, -0.15) is 0 Å². The maximum Gasteiger partial charge on any atom is 0.00417 e. The normalized spacial score (nSPS) is 41.4. The van der Waals surface area contributed by atoms with Crippen LogP contribution in [0.3, 0.4) is 0 Å². The second-order valence-electron chi connectivity index (χ2n) is 7.51. The Bertz CT molecular complexity index is 480. The summed E-state index contributed by atoms with van der Waals surface area (Å²) in [5.41, 5.74) is 4.50. The molecule has 0 spiro atoms. The van der Waals surface area contributed by atoms with E-state index in [1.165, 1.54) is 29.6 Å². The van der Waals surface area contributed by atoms with E-state index in [0.29, 0.717) is 23.8 Å². The maximum absolute atomic E-state index is 4.11. The van der Waals surface area contributed by atoms with Gasteiger partial charge in [0.25, 0.3) is 0 Å². The molecule has 0 bridgehead atoms. The lowest BCUT2D eigenvalue weighted by atomic mass is 9.77. The smallest absolute Gasteiger partial charge is 0.00417 e. The van der Waals surface area contributed by atoms with Crippen LogP contribution in [0.1, 0.15) is 53.4 Å². The summed E-state index contributed by atoms with van der Waals surface area (Å²) in [5.74, 6) is 1.95. The molecule has 0 amide bonds. The second kappa shape index (κ2) is 7.97. The molecule has 1 saturated heterocycles. The van der Waals surface area contributed by atoms with Gasteiger partial charge in [0.1, 0.15) is 0 Å². The summed E-state index contributed by atoms with van der Waals surface area (Å²) in [4.78, 5) is 0. The fourth-order valence-corrected chi connectivity index (χ4v) is 3.77. The predicted octanol–water partition coefficient (Wildman–Crippen LogP) is 5.43. The number of allylic oxidation sites excluding steroid dienone is 6. The lowest BCUT2D eigenvalue weighted by Crippen LogP contribution is -2.38. The first-order valence-corrected chi connectivity index (χ1v) is 8.88. The average molecular weight is 300 g/mol. The quantitative estimate of drug-likeness (QED) is 0.671. The highest BCUT2D eigenvalue weighted by Crippen LogP contribution is 2.32. The lowest BCUT2D eigenvalue weighted by molar-refractivity contribution is 0.269. The molecule has 4 atom stereocenters. The molecule has 0 radical (unpaired) electrons. The molecular weight excluding hydrogens is 266 g/mol. The number of nitrogens with one attached hydrogen (secondary N) is 1. The molecule has 1 heteroatoms. The number of hydrogen-bond acceptors (Lipinski definition) is 1. The standard InChI is InChI=1S/C21H33N/c1-6-19-13-21(14-22-18(5)12-17(19)4)20-10-9-15(2)7-8-16(3)11-20/h6-7,10-11,17-19,21-22H,1,8-9,12-14H2,2-5H3/b15-7-,16-11+,20-10+. The van der Waals surface area contributed by atoms with Crippen LogP contribution in [-0.2, 0) is 0 Å². The molecule has 1 aliphatic carbocycles. The molecule has 1 N–H and O–H groups in total. The molecule has 2 rings (SSSR count). The van der Waals surface area contributed by atoms with E-state index in [1.807, 2.05) is 0 Å². The molecule has 0 aromatic rings. The molecule has 22 heavy (non-hydrogen) atoms. The Morgan fingerprint density at radius 1 is 1.09 bits per heavy atom. The fourth-order valence-electron chi connectivity index (χ4n) is 3.77. The molecule has 4 unspecified atom stereocenters. The largest absolute Gasteiger partial charge is 0.314 e. The highest BCUT2D eigenvalue weighted by atomic mass is 14.9. The Morgan fingerprint density at radius 3 is 2.55 bits per heavy atom. The van der Waals surface area contributed by atoms with Crippen LogP contribution >= 0.6 is 0 Å². The first-order chi connectivity index (χ1) is 10.5. The van der Waals surface area contributed by atoms with E-state index in [0.717, 1.165) is 19.4 Å². The molecule has 0 saturated carbocycles. The molecule has 122 valence electrons.